The predicted molar refractivity (Wildman–Crippen MR) is 96.7 cm³/mol. The van der Waals surface area contributed by atoms with E-state index in [1.54, 1.807) is 0 Å². The topological polar surface area (TPSA) is 185 Å². The molecule has 0 aliphatic heterocycles. The summed E-state index contributed by atoms with van der Waals surface area (Å²) < 4.78 is 22.5. The molecule has 12 nitrogen and oxygen atoms in total. The van der Waals surface area contributed by atoms with E-state index in [1.165, 1.54) is 41.5 Å². The third-order valence-corrected chi connectivity index (χ3v) is 2.41. The van der Waals surface area contributed by atoms with E-state index < -0.39 is 34.5 Å². The van der Waals surface area contributed by atoms with Crippen molar-refractivity contribution in [2.75, 3.05) is 0 Å². The number of nitrogens with zero attached hydrogens (tertiary/aromatic N) is 3. The first-order valence-electron chi connectivity index (χ1n) is 6.99. The summed E-state index contributed by atoms with van der Waals surface area (Å²) in [6.45, 7) is 40.8. The van der Waals surface area contributed by atoms with Gasteiger partial charge < -0.3 is 15.3 Å². The molecular weight excluding hydrogens is 498 g/mol. The second-order valence-electron chi connectivity index (χ2n) is 5.93. The molecule has 0 amide bonds. The zero-order valence-electron chi connectivity index (χ0n) is 17.5. The summed E-state index contributed by atoms with van der Waals surface area (Å²) in [4.78, 5) is 38.7. The van der Waals surface area contributed by atoms with Crippen molar-refractivity contribution in [3.05, 3.63) is 54.2 Å². The minimum Gasteiger partial charge on any atom is 0 e. The molecule has 0 aliphatic carbocycles. The Balaban J connectivity index is -0.0000000488. The maximum atomic E-state index is 10.0. The first-order chi connectivity index (χ1) is 13.5. The molecule has 0 aromatic rings. The van der Waals surface area contributed by atoms with Crippen LogP contribution >= 0.6 is 0 Å². The summed E-state index contributed by atoms with van der Waals surface area (Å²) in [7, 11) is 0. The van der Waals surface area contributed by atoms with Crippen LogP contribution in [0.1, 0.15) is 41.5 Å². The molecule has 0 rings (SSSR count). The summed E-state index contributed by atoms with van der Waals surface area (Å²) >= 11 is 0. The zero-order chi connectivity index (χ0) is 26.4. The second kappa shape index (κ2) is 24.8. The normalized spacial score (nSPS) is 8.03. The number of rotatable bonds is 3. The monoisotopic (exact) mass is 521 g/mol. The first-order valence-corrected chi connectivity index (χ1v) is 6.99. The number of carboxylic acid groups (broad SMARTS) is 3. The molecule has 13 heteroatoms. The SMILES string of the molecule is [C-]#[N+]C(C)(C)C(=O)O.[C-]#[N+]C(C)(C)C(=O)O.[C-]#[N+]C(C)(C)C(=O)O.[C-]#[O+].[C-]#[O+].[C-]#[O+].[Mo]. The number of carbonyl (C=O) groups is 3. The number of aliphatic carboxylic acids is 3. The van der Waals surface area contributed by atoms with Gasteiger partial charge in [0, 0.05) is 62.6 Å². The van der Waals surface area contributed by atoms with Crippen LogP contribution in [0.5, 0.6) is 0 Å². The van der Waals surface area contributed by atoms with E-state index in [0.717, 1.165) is 0 Å². The van der Waals surface area contributed by atoms with Gasteiger partial charge in [-0.1, -0.05) is 0 Å². The summed E-state index contributed by atoms with van der Waals surface area (Å²) in [5.74, 6) is -3.23. The number of carboxylic acids is 3. The van der Waals surface area contributed by atoms with E-state index in [4.69, 9.17) is 49.0 Å². The van der Waals surface area contributed by atoms with Crippen molar-refractivity contribution in [2.24, 2.45) is 0 Å². The third kappa shape index (κ3) is 29.1. The van der Waals surface area contributed by atoms with E-state index in [1.807, 2.05) is 0 Å². The van der Waals surface area contributed by atoms with Gasteiger partial charge in [0.1, 0.15) is 0 Å². The smallest absolute Gasteiger partial charge is 0 e. The van der Waals surface area contributed by atoms with E-state index in [2.05, 4.69) is 34.5 Å². The molecule has 0 spiro atoms. The maximum Gasteiger partial charge on any atom is 0 e. The molecule has 0 radical (unpaired) electrons. The predicted octanol–water partition coefficient (Wildman–Crippen LogP) is 2.19. The Hall–Kier alpha value is -3.21. The molecule has 0 unspecified atom stereocenters. The molecule has 0 heterocycles. The maximum absolute atomic E-state index is 10.0. The van der Waals surface area contributed by atoms with Gasteiger partial charge in [0.25, 0.3) is 0 Å². The Morgan fingerprint density at radius 3 is 0.645 bits per heavy atom. The van der Waals surface area contributed by atoms with Crippen LogP contribution in [0.3, 0.4) is 0 Å². The van der Waals surface area contributed by atoms with Crippen LogP contribution in [-0.2, 0) is 49.4 Å². The van der Waals surface area contributed by atoms with Crippen LogP contribution in [0.25, 0.3) is 14.5 Å². The summed E-state index contributed by atoms with van der Waals surface area (Å²) in [6.07, 6.45) is 0. The van der Waals surface area contributed by atoms with Crippen LogP contribution in [-0.4, -0.2) is 49.8 Å². The Kier molecular flexibility index (Phi) is 37.0. The van der Waals surface area contributed by atoms with Gasteiger partial charge in [0.2, 0.25) is 0 Å². The third-order valence-electron chi connectivity index (χ3n) is 2.41. The van der Waals surface area contributed by atoms with Gasteiger partial charge in [-0.2, -0.15) is 0 Å². The quantitative estimate of drug-likeness (QED) is 0.291. The van der Waals surface area contributed by atoms with Crippen molar-refractivity contribution in [2.45, 2.75) is 58.2 Å². The molecule has 0 aromatic carbocycles. The number of hydrogen-bond acceptors (Lipinski definition) is 3. The minimum atomic E-state index is -1.25. The molecule has 168 valence electrons. The van der Waals surface area contributed by atoms with Gasteiger partial charge in [0.05, 0.1) is 0 Å². The summed E-state index contributed by atoms with van der Waals surface area (Å²) in [5.41, 5.74) is -3.75. The van der Waals surface area contributed by atoms with E-state index in [9.17, 15) is 14.4 Å². The Labute approximate surface area is 195 Å². The Bertz CT molecular complexity index is 632. The van der Waals surface area contributed by atoms with Crippen molar-refractivity contribution in [1.82, 2.24) is 0 Å². The Morgan fingerprint density at radius 1 is 0.548 bits per heavy atom. The molecule has 0 aromatic heterocycles. The zero-order valence-corrected chi connectivity index (χ0v) is 19.5. The van der Waals surface area contributed by atoms with Gasteiger partial charge >= 0.3 is 68.4 Å². The molecular formula is C18H21MoN3O9. The second-order valence-corrected chi connectivity index (χ2v) is 5.93. The van der Waals surface area contributed by atoms with Crippen molar-refractivity contribution < 1.29 is 64.7 Å². The first kappa shape index (κ1) is 46.1. The van der Waals surface area contributed by atoms with Gasteiger partial charge in [-0.3, -0.25) is 14.5 Å². The Morgan fingerprint density at radius 2 is 0.645 bits per heavy atom. The van der Waals surface area contributed by atoms with E-state index in [-0.39, 0.29) is 21.1 Å². The van der Waals surface area contributed by atoms with E-state index in [0.29, 0.717) is 0 Å². The van der Waals surface area contributed by atoms with Crippen molar-refractivity contribution in [3.63, 3.8) is 0 Å². The van der Waals surface area contributed by atoms with Gasteiger partial charge in [-0.15, -0.1) is 0 Å². The molecule has 0 bridgehead atoms. The van der Waals surface area contributed by atoms with Crippen molar-refractivity contribution in [1.29, 1.82) is 0 Å². The average Bonchev–Trinajstić information content (AvgIpc) is 2.73. The summed E-state index contributed by atoms with van der Waals surface area (Å²) in [5, 5.41) is 24.7. The number of hydrogen-bond donors (Lipinski definition) is 3. The molecule has 3 N–H and O–H groups in total. The average molecular weight is 519 g/mol. The minimum absolute atomic E-state index is 0. The molecule has 31 heavy (non-hydrogen) atoms. The fourth-order valence-corrected chi connectivity index (χ4v) is 0.143. The van der Waals surface area contributed by atoms with Gasteiger partial charge in [-0.25, -0.2) is 34.1 Å². The molecule has 0 saturated heterocycles. The van der Waals surface area contributed by atoms with E-state index >= 15 is 0 Å². The van der Waals surface area contributed by atoms with Crippen LogP contribution in [0.2, 0.25) is 0 Å². The van der Waals surface area contributed by atoms with Crippen LogP contribution in [0.15, 0.2) is 0 Å². The largest absolute Gasteiger partial charge is 0 e. The van der Waals surface area contributed by atoms with Gasteiger partial charge in [-0.05, 0) is 0 Å². The van der Waals surface area contributed by atoms with Gasteiger partial charge in [0.15, 0.2) is 0 Å². The fourth-order valence-electron chi connectivity index (χ4n) is 0.143. The van der Waals surface area contributed by atoms with Crippen molar-refractivity contribution in [3.8, 4) is 0 Å². The fraction of sp³-hybridized carbons (Fsp3) is 0.500. The van der Waals surface area contributed by atoms with Crippen LogP contribution in [0, 0.1) is 39.7 Å². The van der Waals surface area contributed by atoms with Crippen molar-refractivity contribution >= 4 is 17.9 Å². The molecule has 0 saturated carbocycles. The molecule has 0 fully saturated rings. The van der Waals surface area contributed by atoms with Crippen LogP contribution in [0.4, 0.5) is 0 Å². The molecule has 0 atom stereocenters. The standard InChI is InChI=1S/3C5H7NO2.3CO.Mo/c3*1-5(2,6-3)4(7)8;3*1-2;/h3*1-2H3,(H,7,8);;;;. The molecule has 0 aliphatic rings. The summed E-state index contributed by atoms with van der Waals surface area (Å²) in [6, 6.07) is 0. The van der Waals surface area contributed by atoms with Crippen LogP contribution < -0.4 is 0 Å².